The molecule has 0 aliphatic carbocycles. The maximum atomic E-state index is 12.6. The maximum Gasteiger partial charge on any atom is 0.341 e. The first-order valence-electron chi connectivity index (χ1n) is 10.1. The van der Waals surface area contributed by atoms with Gasteiger partial charge in [-0.25, -0.2) is 9.78 Å². The Kier molecular flexibility index (Phi) is 5.38. The number of nitrogens with one attached hydrogen (secondary N) is 1. The topological polar surface area (TPSA) is 72.3 Å². The van der Waals surface area contributed by atoms with Crippen LogP contribution < -0.4 is 10.2 Å². The number of fused-ring (bicyclic) bond motifs is 1. The molecule has 0 atom stereocenters. The van der Waals surface area contributed by atoms with Gasteiger partial charge in [0.2, 0.25) is 0 Å². The molecular formula is C22H27N5O2. The van der Waals surface area contributed by atoms with Gasteiger partial charge < -0.3 is 15.0 Å². The summed E-state index contributed by atoms with van der Waals surface area (Å²) in [5.74, 6) is -0.329. The number of anilines is 2. The van der Waals surface area contributed by atoms with E-state index in [1.807, 2.05) is 39.1 Å². The Labute approximate surface area is 170 Å². The van der Waals surface area contributed by atoms with Crippen molar-refractivity contribution in [2.45, 2.75) is 32.7 Å². The Bertz CT molecular complexity index is 1010. The number of carbonyl (C=O) groups excluding carboxylic acids is 1. The quantitative estimate of drug-likeness (QED) is 0.669. The number of carbonyl (C=O) groups is 1. The minimum absolute atomic E-state index is 0.329. The van der Waals surface area contributed by atoms with Crippen LogP contribution in [0.3, 0.4) is 0 Å². The first-order valence-corrected chi connectivity index (χ1v) is 10.1. The molecule has 1 aromatic carbocycles. The van der Waals surface area contributed by atoms with Crippen molar-refractivity contribution in [2.75, 3.05) is 29.9 Å². The Morgan fingerprint density at radius 1 is 1.24 bits per heavy atom. The molecule has 0 radical (unpaired) electrons. The van der Waals surface area contributed by atoms with Crippen LogP contribution in [0, 0.1) is 6.92 Å². The third-order valence-corrected chi connectivity index (χ3v) is 5.45. The van der Waals surface area contributed by atoms with Crippen molar-refractivity contribution in [1.82, 2.24) is 14.8 Å². The number of aryl methyl sites for hydroxylation is 2. The summed E-state index contributed by atoms with van der Waals surface area (Å²) in [4.78, 5) is 19.4. The molecule has 0 bridgehead atoms. The van der Waals surface area contributed by atoms with Crippen LogP contribution in [0.1, 0.15) is 35.8 Å². The van der Waals surface area contributed by atoms with Crippen LogP contribution in [-0.4, -0.2) is 46.5 Å². The molecule has 1 aliphatic rings. The molecule has 1 N–H and O–H groups in total. The summed E-state index contributed by atoms with van der Waals surface area (Å²) in [6.45, 7) is 5.83. The SMILES string of the molecule is CCOC(=O)c1cnc2c(c(C)nn2C)c1N1CCC(Nc2ccccc2)CC1. The van der Waals surface area contributed by atoms with Gasteiger partial charge in [0.15, 0.2) is 5.65 Å². The van der Waals surface area contributed by atoms with Gasteiger partial charge in [0.25, 0.3) is 0 Å². The van der Waals surface area contributed by atoms with Gasteiger partial charge >= 0.3 is 5.97 Å². The molecule has 29 heavy (non-hydrogen) atoms. The van der Waals surface area contributed by atoms with Crippen molar-refractivity contribution < 1.29 is 9.53 Å². The molecule has 3 aromatic rings. The highest BCUT2D eigenvalue weighted by Crippen LogP contribution is 2.34. The zero-order chi connectivity index (χ0) is 20.4. The summed E-state index contributed by atoms with van der Waals surface area (Å²) in [6.07, 6.45) is 3.60. The number of pyridine rings is 1. The van der Waals surface area contributed by atoms with E-state index in [2.05, 4.69) is 32.4 Å². The average Bonchev–Trinajstić information content (AvgIpc) is 3.03. The maximum absolute atomic E-state index is 12.6. The molecule has 1 saturated heterocycles. The van der Waals surface area contributed by atoms with Crippen LogP contribution in [-0.2, 0) is 11.8 Å². The second kappa shape index (κ2) is 8.11. The lowest BCUT2D eigenvalue weighted by atomic mass is 10.0. The summed E-state index contributed by atoms with van der Waals surface area (Å²) in [6, 6.07) is 10.7. The Morgan fingerprint density at radius 3 is 2.66 bits per heavy atom. The van der Waals surface area contributed by atoms with E-state index in [-0.39, 0.29) is 5.97 Å². The van der Waals surface area contributed by atoms with E-state index < -0.39 is 0 Å². The summed E-state index contributed by atoms with van der Waals surface area (Å²) in [5, 5.41) is 9.08. The fraction of sp³-hybridized carbons (Fsp3) is 0.409. The van der Waals surface area contributed by atoms with Crippen LogP contribution >= 0.6 is 0 Å². The molecule has 7 nitrogen and oxygen atoms in total. The van der Waals surface area contributed by atoms with E-state index in [0.717, 1.165) is 54.0 Å². The van der Waals surface area contributed by atoms with Crippen molar-refractivity contribution in [3.05, 3.63) is 47.8 Å². The molecule has 0 saturated carbocycles. The number of para-hydroxylation sites is 1. The molecule has 2 aromatic heterocycles. The van der Waals surface area contributed by atoms with Crippen molar-refractivity contribution in [1.29, 1.82) is 0 Å². The third-order valence-electron chi connectivity index (χ3n) is 5.45. The van der Waals surface area contributed by atoms with E-state index in [0.29, 0.717) is 18.2 Å². The predicted molar refractivity (Wildman–Crippen MR) is 115 cm³/mol. The fourth-order valence-electron chi connectivity index (χ4n) is 4.10. The highest BCUT2D eigenvalue weighted by molar-refractivity contribution is 6.05. The normalized spacial score (nSPS) is 14.9. The first kappa shape index (κ1) is 19.2. The molecule has 0 unspecified atom stereocenters. The number of esters is 1. The van der Waals surface area contributed by atoms with Crippen molar-refractivity contribution in [3.8, 4) is 0 Å². The fourth-order valence-corrected chi connectivity index (χ4v) is 4.10. The van der Waals surface area contributed by atoms with E-state index >= 15 is 0 Å². The number of hydrogen-bond acceptors (Lipinski definition) is 6. The van der Waals surface area contributed by atoms with Crippen LogP contribution in [0.25, 0.3) is 11.0 Å². The zero-order valence-corrected chi connectivity index (χ0v) is 17.2. The van der Waals surface area contributed by atoms with E-state index in [1.54, 1.807) is 10.9 Å². The Balaban J connectivity index is 1.63. The van der Waals surface area contributed by atoms with Gasteiger partial charge in [0.1, 0.15) is 5.56 Å². The lowest BCUT2D eigenvalue weighted by molar-refractivity contribution is 0.0526. The molecular weight excluding hydrogens is 366 g/mol. The van der Waals surface area contributed by atoms with Gasteiger partial charge in [-0.05, 0) is 38.8 Å². The lowest BCUT2D eigenvalue weighted by Crippen LogP contribution is -2.40. The van der Waals surface area contributed by atoms with E-state index in [9.17, 15) is 4.79 Å². The second-order valence-corrected chi connectivity index (χ2v) is 7.42. The standard InChI is InChI=1S/C22H27N5O2/c1-4-29-22(28)18-14-23-21-19(15(2)25-26(21)3)20(18)27-12-10-17(11-13-27)24-16-8-6-5-7-9-16/h5-9,14,17,24H,4,10-13H2,1-3H3. The third kappa shape index (κ3) is 3.77. The minimum Gasteiger partial charge on any atom is -0.462 e. The highest BCUT2D eigenvalue weighted by Gasteiger charge is 2.28. The number of nitrogens with zero attached hydrogens (tertiary/aromatic N) is 4. The van der Waals surface area contributed by atoms with Gasteiger partial charge in [-0.15, -0.1) is 0 Å². The molecule has 7 heteroatoms. The molecule has 1 fully saturated rings. The van der Waals surface area contributed by atoms with Crippen molar-refractivity contribution in [2.24, 2.45) is 7.05 Å². The van der Waals surface area contributed by atoms with E-state index in [4.69, 9.17) is 4.74 Å². The lowest BCUT2D eigenvalue weighted by Gasteiger charge is -2.35. The number of benzene rings is 1. The van der Waals surface area contributed by atoms with Gasteiger partial charge in [0, 0.05) is 38.1 Å². The number of hydrogen-bond donors (Lipinski definition) is 1. The monoisotopic (exact) mass is 393 g/mol. The van der Waals surface area contributed by atoms with Crippen LogP contribution in [0.15, 0.2) is 36.5 Å². The van der Waals surface area contributed by atoms with Crippen LogP contribution in [0.4, 0.5) is 11.4 Å². The Morgan fingerprint density at radius 2 is 1.97 bits per heavy atom. The number of aromatic nitrogens is 3. The highest BCUT2D eigenvalue weighted by atomic mass is 16.5. The van der Waals surface area contributed by atoms with Crippen molar-refractivity contribution >= 4 is 28.4 Å². The molecule has 0 amide bonds. The van der Waals surface area contributed by atoms with Crippen molar-refractivity contribution in [3.63, 3.8) is 0 Å². The second-order valence-electron chi connectivity index (χ2n) is 7.42. The summed E-state index contributed by atoms with van der Waals surface area (Å²) < 4.78 is 7.08. The summed E-state index contributed by atoms with van der Waals surface area (Å²) >= 11 is 0. The largest absolute Gasteiger partial charge is 0.462 e. The van der Waals surface area contributed by atoms with Gasteiger partial charge in [0.05, 0.1) is 23.4 Å². The van der Waals surface area contributed by atoms with Gasteiger partial charge in [-0.1, -0.05) is 18.2 Å². The molecule has 3 heterocycles. The van der Waals surface area contributed by atoms with Gasteiger partial charge in [-0.3, -0.25) is 4.68 Å². The van der Waals surface area contributed by atoms with E-state index in [1.165, 1.54) is 0 Å². The molecule has 0 spiro atoms. The molecule has 4 rings (SSSR count). The van der Waals surface area contributed by atoms with Crippen LogP contribution in [0.2, 0.25) is 0 Å². The van der Waals surface area contributed by atoms with Gasteiger partial charge in [-0.2, -0.15) is 5.10 Å². The number of ether oxygens (including phenoxy) is 1. The number of rotatable bonds is 5. The Hall–Kier alpha value is -3.09. The predicted octanol–water partition coefficient (Wildman–Crippen LogP) is 3.53. The summed E-state index contributed by atoms with van der Waals surface area (Å²) in [7, 11) is 1.88. The van der Waals surface area contributed by atoms with Crippen LogP contribution in [0.5, 0.6) is 0 Å². The smallest absolute Gasteiger partial charge is 0.341 e. The molecule has 1 aliphatic heterocycles. The zero-order valence-electron chi connectivity index (χ0n) is 17.2. The average molecular weight is 393 g/mol. The molecule has 152 valence electrons. The first-order chi connectivity index (χ1) is 14.1. The summed E-state index contributed by atoms with van der Waals surface area (Å²) in [5.41, 5.74) is 4.23. The number of piperidine rings is 1. The minimum atomic E-state index is -0.329.